The third-order valence-electron chi connectivity index (χ3n) is 4.03. The van der Waals surface area contributed by atoms with Gasteiger partial charge in [-0.2, -0.15) is 5.10 Å². The molecule has 0 aliphatic carbocycles. The Kier molecular flexibility index (Phi) is 4.03. The standard InChI is InChI=1S/C17H18ClN3O/c1-12(13-6-4-3-5-7-13)21-10-14(9-19-21)15-11-20(2)17(22)8-16(15)18/h3-7,9-12,16H,8H2,1-2H3. The van der Waals surface area contributed by atoms with Crippen molar-refractivity contribution in [1.82, 2.24) is 14.7 Å². The molecular formula is C17H18ClN3O. The lowest BCUT2D eigenvalue weighted by molar-refractivity contribution is -0.127. The number of benzene rings is 1. The van der Waals surface area contributed by atoms with Gasteiger partial charge in [-0.1, -0.05) is 30.3 Å². The second-order valence-corrected chi connectivity index (χ2v) is 6.08. The lowest BCUT2D eigenvalue weighted by atomic mass is 10.0. The summed E-state index contributed by atoms with van der Waals surface area (Å²) in [5.41, 5.74) is 3.10. The Bertz CT molecular complexity index is 708. The van der Waals surface area contributed by atoms with Crippen LogP contribution >= 0.6 is 11.6 Å². The van der Waals surface area contributed by atoms with Gasteiger partial charge < -0.3 is 4.90 Å². The molecule has 3 rings (SSSR count). The van der Waals surface area contributed by atoms with Gasteiger partial charge >= 0.3 is 0 Å². The van der Waals surface area contributed by atoms with Crippen LogP contribution in [-0.2, 0) is 4.79 Å². The average molecular weight is 316 g/mol. The van der Waals surface area contributed by atoms with Crippen molar-refractivity contribution in [2.45, 2.75) is 24.8 Å². The van der Waals surface area contributed by atoms with E-state index in [0.29, 0.717) is 6.42 Å². The highest BCUT2D eigenvalue weighted by Crippen LogP contribution is 2.30. The molecule has 0 saturated heterocycles. The fraction of sp³-hybridized carbons (Fsp3) is 0.294. The molecule has 2 heterocycles. The Morgan fingerprint density at radius 1 is 1.32 bits per heavy atom. The third-order valence-corrected chi connectivity index (χ3v) is 4.42. The van der Waals surface area contributed by atoms with Gasteiger partial charge in [0, 0.05) is 31.4 Å². The minimum absolute atomic E-state index is 0.0359. The highest BCUT2D eigenvalue weighted by molar-refractivity contribution is 6.28. The van der Waals surface area contributed by atoms with Crippen LogP contribution in [0.25, 0.3) is 5.57 Å². The molecular weight excluding hydrogens is 298 g/mol. The molecule has 2 unspecified atom stereocenters. The van der Waals surface area contributed by atoms with Crippen LogP contribution in [0.2, 0.25) is 0 Å². The van der Waals surface area contributed by atoms with E-state index in [1.807, 2.05) is 35.3 Å². The summed E-state index contributed by atoms with van der Waals surface area (Å²) in [5, 5.41) is 4.16. The number of allylic oxidation sites excluding steroid dienone is 1. The van der Waals surface area contributed by atoms with E-state index in [2.05, 4.69) is 24.2 Å². The molecule has 0 saturated carbocycles. The molecule has 0 spiro atoms. The minimum atomic E-state index is -0.298. The molecule has 0 fully saturated rings. The Balaban J connectivity index is 1.88. The van der Waals surface area contributed by atoms with Crippen LogP contribution in [0.3, 0.4) is 0 Å². The van der Waals surface area contributed by atoms with Crippen LogP contribution < -0.4 is 0 Å². The molecule has 114 valence electrons. The summed E-state index contributed by atoms with van der Waals surface area (Å²) in [7, 11) is 1.75. The van der Waals surface area contributed by atoms with Gasteiger partial charge in [-0.15, -0.1) is 11.6 Å². The Labute approximate surface area is 135 Å². The molecule has 4 nitrogen and oxygen atoms in total. The van der Waals surface area contributed by atoms with Gasteiger partial charge in [0.1, 0.15) is 0 Å². The van der Waals surface area contributed by atoms with E-state index in [1.165, 1.54) is 5.56 Å². The molecule has 0 bridgehead atoms. The summed E-state index contributed by atoms with van der Waals surface area (Å²) in [6, 6.07) is 10.4. The first-order valence-electron chi connectivity index (χ1n) is 7.27. The van der Waals surface area contributed by atoms with Crippen molar-refractivity contribution in [3.05, 3.63) is 60.1 Å². The van der Waals surface area contributed by atoms with Crippen molar-refractivity contribution in [2.75, 3.05) is 7.05 Å². The fourth-order valence-corrected chi connectivity index (χ4v) is 2.92. The summed E-state index contributed by atoms with van der Waals surface area (Å²) in [6.07, 6.45) is 5.92. The topological polar surface area (TPSA) is 38.1 Å². The third kappa shape index (κ3) is 2.79. The first-order valence-corrected chi connectivity index (χ1v) is 7.71. The zero-order valence-electron chi connectivity index (χ0n) is 12.6. The average Bonchev–Trinajstić information content (AvgIpc) is 3.00. The predicted molar refractivity (Wildman–Crippen MR) is 87.5 cm³/mol. The van der Waals surface area contributed by atoms with E-state index in [-0.39, 0.29) is 17.3 Å². The normalized spacial score (nSPS) is 20.0. The van der Waals surface area contributed by atoms with Crippen LogP contribution in [0, 0.1) is 0 Å². The molecule has 1 aliphatic rings. The molecule has 2 aromatic rings. The van der Waals surface area contributed by atoms with Crippen molar-refractivity contribution in [1.29, 1.82) is 0 Å². The van der Waals surface area contributed by atoms with Crippen LogP contribution in [0.5, 0.6) is 0 Å². The van der Waals surface area contributed by atoms with Gasteiger partial charge in [-0.05, 0) is 18.1 Å². The molecule has 1 aromatic carbocycles. The van der Waals surface area contributed by atoms with Crippen molar-refractivity contribution < 1.29 is 4.79 Å². The number of alkyl halides is 1. The van der Waals surface area contributed by atoms with Gasteiger partial charge in [0.05, 0.1) is 17.6 Å². The Hall–Kier alpha value is -2.07. The smallest absolute Gasteiger partial charge is 0.228 e. The lowest BCUT2D eigenvalue weighted by Gasteiger charge is -2.24. The highest BCUT2D eigenvalue weighted by Gasteiger charge is 2.26. The molecule has 5 heteroatoms. The van der Waals surface area contributed by atoms with Crippen molar-refractivity contribution in [2.24, 2.45) is 0 Å². The van der Waals surface area contributed by atoms with Crippen LogP contribution in [0.15, 0.2) is 48.9 Å². The summed E-state index contributed by atoms with van der Waals surface area (Å²) in [6.45, 7) is 2.11. The largest absolute Gasteiger partial charge is 0.322 e. The number of hydrogen-bond donors (Lipinski definition) is 0. The van der Waals surface area contributed by atoms with E-state index >= 15 is 0 Å². The maximum absolute atomic E-state index is 11.7. The van der Waals surface area contributed by atoms with E-state index in [9.17, 15) is 4.79 Å². The zero-order valence-corrected chi connectivity index (χ0v) is 13.4. The second kappa shape index (κ2) is 5.97. The Morgan fingerprint density at radius 2 is 2.05 bits per heavy atom. The highest BCUT2D eigenvalue weighted by atomic mass is 35.5. The number of carbonyl (C=O) groups is 1. The second-order valence-electron chi connectivity index (χ2n) is 5.56. The van der Waals surface area contributed by atoms with Gasteiger partial charge in [-0.3, -0.25) is 9.48 Å². The quantitative estimate of drug-likeness (QED) is 0.815. The molecule has 2 atom stereocenters. The van der Waals surface area contributed by atoms with Gasteiger partial charge in [0.15, 0.2) is 0 Å². The van der Waals surface area contributed by atoms with Gasteiger partial charge in [-0.25, -0.2) is 0 Å². The van der Waals surface area contributed by atoms with Crippen LogP contribution in [-0.4, -0.2) is 33.0 Å². The number of rotatable bonds is 3. The summed E-state index contributed by atoms with van der Waals surface area (Å²) < 4.78 is 1.92. The van der Waals surface area contributed by atoms with Crippen molar-refractivity contribution in [3.63, 3.8) is 0 Å². The first-order chi connectivity index (χ1) is 10.6. The number of carbonyl (C=O) groups excluding carboxylic acids is 1. The lowest BCUT2D eigenvalue weighted by Crippen LogP contribution is -2.29. The maximum Gasteiger partial charge on any atom is 0.228 e. The predicted octanol–water partition coefficient (Wildman–Crippen LogP) is 3.30. The van der Waals surface area contributed by atoms with Crippen molar-refractivity contribution in [3.8, 4) is 0 Å². The monoisotopic (exact) mass is 315 g/mol. The number of aromatic nitrogens is 2. The minimum Gasteiger partial charge on any atom is -0.322 e. The first kappa shape index (κ1) is 14.9. The molecule has 0 N–H and O–H groups in total. The summed E-state index contributed by atoms with van der Waals surface area (Å²) >= 11 is 6.33. The molecule has 0 radical (unpaired) electrons. The van der Waals surface area contributed by atoms with E-state index in [0.717, 1.165) is 11.1 Å². The molecule has 22 heavy (non-hydrogen) atoms. The fourth-order valence-electron chi connectivity index (χ4n) is 2.61. The van der Waals surface area contributed by atoms with Crippen LogP contribution in [0.4, 0.5) is 0 Å². The van der Waals surface area contributed by atoms with Gasteiger partial charge in [0.2, 0.25) is 5.91 Å². The number of halogens is 1. The van der Waals surface area contributed by atoms with E-state index < -0.39 is 0 Å². The van der Waals surface area contributed by atoms with E-state index in [1.54, 1.807) is 18.1 Å². The summed E-state index contributed by atoms with van der Waals surface area (Å²) in [4.78, 5) is 13.2. The molecule has 1 aromatic heterocycles. The van der Waals surface area contributed by atoms with Crippen LogP contribution in [0.1, 0.15) is 30.5 Å². The zero-order chi connectivity index (χ0) is 15.7. The van der Waals surface area contributed by atoms with Crippen molar-refractivity contribution >= 4 is 23.1 Å². The number of nitrogens with zero attached hydrogens (tertiary/aromatic N) is 3. The van der Waals surface area contributed by atoms with E-state index in [4.69, 9.17) is 11.6 Å². The molecule has 1 aliphatic heterocycles. The molecule has 1 amide bonds. The SMILES string of the molecule is CC(c1ccccc1)n1cc(C2=CN(C)C(=O)CC2Cl)cn1. The number of hydrogen-bond acceptors (Lipinski definition) is 2. The Morgan fingerprint density at radius 3 is 2.77 bits per heavy atom. The van der Waals surface area contributed by atoms with Gasteiger partial charge in [0.25, 0.3) is 0 Å². The summed E-state index contributed by atoms with van der Waals surface area (Å²) in [5.74, 6) is 0.0359. The maximum atomic E-state index is 11.7. The number of amides is 1.